The number of hydrogen-bond donors (Lipinski definition) is 1. The first-order valence-corrected chi connectivity index (χ1v) is 8.71. The van der Waals surface area contributed by atoms with E-state index in [1.54, 1.807) is 18.0 Å². The van der Waals surface area contributed by atoms with E-state index in [4.69, 9.17) is 4.74 Å². The van der Waals surface area contributed by atoms with Gasteiger partial charge in [-0.1, -0.05) is 48.5 Å². The molecule has 1 N–H and O–H groups in total. The minimum absolute atomic E-state index is 0.0364. The third-order valence-corrected chi connectivity index (χ3v) is 4.22. The molecule has 134 valence electrons. The molecule has 0 spiro atoms. The number of carbonyl (C=O) groups excluding carboxylic acids is 1. The highest BCUT2D eigenvalue weighted by Gasteiger charge is 2.19. The van der Waals surface area contributed by atoms with E-state index in [9.17, 15) is 4.79 Å². The van der Waals surface area contributed by atoms with E-state index in [1.165, 1.54) is 5.56 Å². The van der Waals surface area contributed by atoms with Crippen LogP contribution in [-0.4, -0.2) is 28.8 Å². The number of rotatable bonds is 7. The summed E-state index contributed by atoms with van der Waals surface area (Å²) in [5.74, 6) is 0.235. The van der Waals surface area contributed by atoms with Gasteiger partial charge >= 0.3 is 0 Å². The van der Waals surface area contributed by atoms with E-state index in [1.807, 2.05) is 55.5 Å². The van der Waals surface area contributed by atoms with Gasteiger partial charge in [0.25, 0.3) is 5.91 Å². The number of hydrogen-bond acceptors (Lipinski definition) is 3. The van der Waals surface area contributed by atoms with Gasteiger partial charge in [-0.3, -0.25) is 4.79 Å². The molecule has 1 atom stereocenters. The van der Waals surface area contributed by atoms with Crippen molar-refractivity contribution in [3.8, 4) is 11.4 Å². The molecule has 0 saturated carbocycles. The van der Waals surface area contributed by atoms with Crippen molar-refractivity contribution in [1.82, 2.24) is 15.1 Å². The van der Waals surface area contributed by atoms with Gasteiger partial charge in [0, 0.05) is 6.04 Å². The highest BCUT2D eigenvalue weighted by Crippen LogP contribution is 2.19. The number of ether oxygens (including phenoxy) is 1. The summed E-state index contributed by atoms with van der Waals surface area (Å²) in [6.07, 6.45) is 3.49. The van der Waals surface area contributed by atoms with Crippen molar-refractivity contribution in [1.29, 1.82) is 0 Å². The Labute approximate surface area is 153 Å². The highest BCUT2D eigenvalue weighted by atomic mass is 16.5. The lowest BCUT2D eigenvalue weighted by Gasteiger charge is -2.13. The largest absolute Gasteiger partial charge is 0.493 e. The Kier molecular flexibility index (Phi) is 5.69. The number of nitrogens with zero attached hydrogens (tertiary/aromatic N) is 2. The Morgan fingerprint density at radius 2 is 1.77 bits per heavy atom. The van der Waals surface area contributed by atoms with E-state index in [-0.39, 0.29) is 11.9 Å². The Hall–Kier alpha value is -3.08. The second-order valence-corrected chi connectivity index (χ2v) is 6.22. The number of methoxy groups -OCH3 is 1. The molecular formula is C21H23N3O2. The van der Waals surface area contributed by atoms with Crippen LogP contribution in [0.3, 0.4) is 0 Å². The zero-order valence-corrected chi connectivity index (χ0v) is 15.1. The zero-order chi connectivity index (χ0) is 18.4. The van der Waals surface area contributed by atoms with Crippen molar-refractivity contribution < 1.29 is 9.53 Å². The van der Waals surface area contributed by atoms with Crippen molar-refractivity contribution in [2.75, 3.05) is 7.11 Å². The lowest BCUT2D eigenvalue weighted by atomic mass is 10.1. The first kappa shape index (κ1) is 17.7. The predicted molar refractivity (Wildman–Crippen MR) is 102 cm³/mol. The van der Waals surface area contributed by atoms with E-state index >= 15 is 0 Å². The van der Waals surface area contributed by atoms with Crippen LogP contribution in [0.25, 0.3) is 5.69 Å². The molecule has 1 aromatic heterocycles. The second kappa shape index (κ2) is 8.34. The highest BCUT2D eigenvalue weighted by molar-refractivity contribution is 5.95. The van der Waals surface area contributed by atoms with Crippen LogP contribution in [0.4, 0.5) is 0 Å². The normalized spacial score (nSPS) is 11.8. The summed E-state index contributed by atoms with van der Waals surface area (Å²) in [4.78, 5) is 12.6. The maximum atomic E-state index is 12.6. The van der Waals surface area contributed by atoms with Crippen molar-refractivity contribution in [3.05, 3.63) is 78.1 Å². The van der Waals surface area contributed by atoms with Crippen LogP contribution in [0.15, 0.2) is 66.9 Å². The number of aryl methyl sites for hydroxylation is 1. The average Bonchev–Trinajstić information content (AvgIpc) is 3.12. The fourth-order valence-electron chi connectivity index (χ4n) is 2.77. The van der Waals surface area contributed by atoms with Crippen molar-refractivity contribution in [2.45, 2.75) is 25.8 Å². The molecule has 5 heteroatoms. The monoisotopic (exact) mass is 349 g/mol. The molecule has 0 fully saturated rings. The lowest BCUT2D eigenvalue weighted by Crippen LogP contribution is -2.33. The van der Waals surface area contributed by atoms with Crippen LogP contribution in [0, 0.1) is 0 Å². The molecule has 1 amide bonds. The van der Waals surface area contributed by atoms with Gasteiger partial charge in [0.05, 0.1) is 19.0 Å². The molecule has 1 heterocycles. The number of aromatic nitrogens is 2. The van der Waals surface area contributed by atoms with E-state index in [0.29, 0.717) is 11.4 Å². The molecule has 0 unspecified atom stereocenters. The smallest absolute Gasteiger partial charge is 0.275 e. The summed E-state index contributed by atoms with van der Waals surface area (Å²) in [7, 11) is 1.54. The number of carbonyl (C=O) groups is 1. The summed E-state index contributed by atoms with van der Waals surface area (Å²) in [5, 5.41) is 7.41. The van der Waals surface area contributed by atoms with Crippen molar-refractivity contribution >= 4 is 5.91 Å². The van der Waals surface area contributed by atoms with Gasteiger partial charge in [-0.25, -0.2) is 4.68 Å². The van der Waals surface area contributed by atoms with Crippen LogP contribution in [0.2, 0.25) is 0 Å². The molecular weight excluding hydrogens is 326 g/mol. The van der Waals surface area contributed by atoms with Gasteiger partial charge in [0.2, 0.25) is 0 Å². The molecule has 3 aromatic rings. The van der Waals surface area contributed by atoms with E-state index < -0.39 is 0 Å². The zero-order valence-electron chi connectivity index (χ0n) is 15.1. The van der Waals surface area contributed by atoms with Gasteiger partial charge < -0.3 is 10.1 Å². The summed E-state index contributed by atoms with van der Waals surface area (Å²) >= 11 is 0. The Morgan fingerprint density at radius 3 is 2.42 bits per heavy atom. The molecule has 0 radical (unpaired) electrons. The minimum Gasteiger partial charge on any atom is -0.493 e. The van der Waals surface area contributed by atoms with Crippen LogP contribution in [0.1, 0.15) is 29.4 Å². The Morgan fingerprint density at radius 1 is 1.12 bits per heavy atom. The predicted octanol–water partition coefficient (Wildman–Crippen LogP) is 3.63. The van der Waals surface area contributed by atoms with Gasteiger partial charge in [-0.2, -0.15) is 5.10 Å². The number of amides is 1. The topological polar surface area (TPSA) is 56.2 Å². The number of nitrogens with one attached hydrogen (secondary N) is 1. The van der Waals surface area contributed by atoms with E-state index in [0.717, 1.165) is 18.5 Å². The molecule has 0 bridgehead atoms. The maximum Gasteiger partial charge on any atom is 0.275 e. The third-order valence-electron chi connectivity index (χ3n) is 4.22. The summed E-state index contributed by atoms with van der Waals surface area (Å²) in [6, 6.07) is 19.9. The third kappa shape index (κ3) is 4.30. The fourth-order valence-corrected chi connectivity index (χ4v) is 2.77. The second-order valence-electron chi connectivity index (χ2n) is 6.22. The van der Waals surface area contributed by atoms with E-state index in [2.05, 4.69) is 22.5 Å². The fraction of sp³-hybridized carbons (Fsp3) is 0.238. The number of benzene rings is 2. The molecule has 0 aliphatic rings. The van der Waals surface area contributed by atoms with Crippen LogP contribution in [-0.2, 0) is 6.42 Å². The molecule has 0 aliphatic carbocycles. The lowest BCUT2D eigenvalue weighted by molar-refractivity contribution is 0.0930. The average molecular weight is 349 g/mol. The van der Waals surface area contributed by atoms with Gasteiger partial charge in [0.1, 0.15) is 0 Å². The molecule has 26 heavy (non-hydrogen) atoms. The van der Waals surface area contributed by atoms with Gasteiger partial charge in [-0.05, 0) is 37.5 Å². The Balaban J connectivity index is 1.66. The molecule has 2 aromatic carbocycles. The van der Waals surface area contributed by atoms with Crippen molar-refractivity contribution in [3.63, 3.8) is 0 Å². The Bertz CT molecular complexity index is 844. The molecule has 0 saturated heterocycles. The quantitative estimate of drug-likeness (QED) is 0.709. The summed E-state index contributed by atoms with van der Waals surface area (Å²) in [6.45, 7) is 2.00. The van der Waals surface area contributed by atoms with Crippen molar-refractivity contribution in [2.24, 2.45) is 0 Å². The van der Waals surface area contributed by atoms with Crippen LogP contribution < -0.4 is 10.1 Å². The standard InChI is InChI=1S/C21H23N3O2/c1-16(13-14-17-9-5-3-6-10-17)22-21(25)20-19(26-2)15-24(23-20)18-11-7-4-8-12-18/h3-12,15-16H,13-14H2,1-2H3,(H,22,25)/t16-/m0/s1. The minimum atomic E-state index is -0.225. The first-order valence-electron chi connectivity index (χ1n) is 8.71. The van der Waals surface area contributed by atoms with Gasteiger partial charge in [-0.15, -0.1) is 0 Å². The summed E-state index contributed by atoms with van der Waals surface area (Å²) in [5.41, 5.74) is 2.43. The maximum absolute atomic E-state index is 12.6. The van der Waals surface area contributed by atoms with Crippen LogP contribution >= 0.6 is 0 Å². The van der Waals surface area contributed by atoms with Crippen LogP contribution in [0.5, 0.6) is 5.75 Å². The number of para-hydroxylation sites is 1. The molecule has 5 nitrogen and oxygen atoms in total. The SMILES string of the molecule is COc1cn(-c2ccccc2)nc1C(=O)N[C@@H](C)CCc1ccccc1. The molecule has 0 aliphatic heterocycles. The first-order chi connectivity index (χ1) is 12.7. The molecule has 3 rings (SSSR count). The summed E-state index contributed by atoms with van der Waals surface area (Å²) < 4.78 is 6.99. The van der Waals surface area contributed by atoms with Gasteiger partial charge in [0.15, 0.2) is 11.4 Å².